The van der Waals surface area contributed by atoms with Gasteiger partial charge < -0.3 is 15.0 Å². The summed E-state index contributed by atoms with van der Waals surface area (Å²) in [6.07, 6.45) is 1.09. The quantitative estimate of drug-likeness (QED) is 0.258. The first-order chi connectivity index (χ1) is 16.1. The molecule has 0 aliphatic rings. The first-order valence-corrected chi connectivity index (χ1v) is 12.1. The molecule has 0 saturated heterocycles. The number of ether oxygens (including phenoxy) is 1. The minimum Gasteiger partial charge on any atom is -0.497 e. The molecule has 0 spiro atoms. The predicted molar refractivity (Wildman–Crippen MR) is 141 cm³/mol. The monoisotopic (exact) mass is 461 g/mol. The minimum absolute atomic E-state index is 0.392. The number of hydrogen-bond acceptors (Lipinski definition) is 4. The molecule has 4 aromatic rings. The summed E-state index contributed by atoms with van der Waals surface area (Å²) in [6, 6.07) is 22.7. The van der Waals surface area contributed by atoms with E-state index in [4.69, 9.17) is 21.3 Å². The Morgan fingerprint density at radius 3 is 2.45 bits per heavy atom. The Kier molecular flexibility index (Phi) is 7.69. The molecule has 5 heteroatoms. The van der Waals surface area contributed by atoms with Crippen LogP contribution < -0.4 is 10.1 Å². The van der Waals surface area contributed by atoms with Crippen molar-refractivity contribution in [1.82, 2.24) is 9.88 Å². The predicted octanol–water partition coefficient (Wildman–Crippen LogP) is 6.98. The lowest BCUT2D eigenvalue weighted by molar-refractivity contribution is 0.291. The highest BCUT2D eigenvalue weighted by Gasteiger charge is 2.16. The van der Waals surface area contributed by atoms with Gasteiger partial charge in [-0.15, -0.1) is 0 Å². The molecule has 172 valence electrons. The maximum absolute atomic E-state index is 6.29. The normalized spacial score (nSPS) is 12.4. The summed E-state index contributed by atoms with van der Waals surface area (Å²) in [7, 11) is 1.70. The van der Waals surface area contributed by atoms with Crippen molar-refractivity contribution in [2.75, 3.05) is 38.6 Å². The highest BCUT2D eigenvalue weighted by atomic mass is 35.5. The van der Waals surface area contributed by atoms with Crippen LogP contribution in [0.15, 0.2) is 66.7 Å². The number of nitrogens with zero attached hydrogens (tertiary/aromatic N) is 2. The van der Waals surface area contributed by atoms with Crippen molar-refractivity contribution in [3.05, 3.63) is 77.3 Å². The molecular formula is C28H32ClN3O. The number of anilines is 1. The van der Waals surface area contributed by atoms with Crippen molar-refractivity contribution >= 4 is 39.1 Å². The summed E-state index contributed by atoms with van der Waals surface area (Å²) in [4.78, 5) is 7.34. The molecule has 0 aliphatic carbocycles. The van der Waals surface area contributed by atoms with Crippen LogP contribution in [-0.4, -0.2) is 43.2 Å². The SMILES string of the molecule is CCN(CC)CC[C@H](CNc1c2ccc(Cl)cc2nc2ccc(OC)cc12)c1ccccc1. The van der Waals surface area contributed by atoms with Crippen molar-refractivity contribution in [3.8, 4) is 5.75 Å². The van der Waals surface area contributed by atoms with Gasteiger partial charge in [-0.3, -0.25) is 0 Å². The van der Waals surface area contributed by atoms with E-state index in [1.54, 1.807) is 7.11 Å². The zero-order valence-corrected chi connectivity index (χ0v) is 20.4. The van der Waals surface area contributed by atoms with Crippen molar-refractivity contribution in [2.24, 2.45) is 0 Å². The third kappa shape index (κ3) is 5.40. The molecule has 0 radical (unpaired) electrons. The van der Waals surface area contributed by atoms with E-state index in [1.807, 2.05) is 24.3 Å². The zero-order valence-electron chi connectivity index (χ0n) is 19.6. The topological polar surface area (TPSA) is 37.4 Å². The average Bonchev–Trinajstić information content (AvgIpc) is 2.85. The molecule has 0 aliphatic heterocycles. The number of fused-ring (bicyclic) bond motifs is 2. The van der Waals surface area contributed by atoms with E-state index in [0.717, 1.165) is 65.8 Å². The molecule has 1 N–H and O–H groups in total. The van der Waals surface area contributed by atoms with Gasteiger partial charge in [0, 0.05) is 28.3 Å². The zero-order chi connectivity index (χ0) is 23.2. The molecule has 0 saturated carbocycles. The van der Waals surface area contributed by atoms with Crippen molar-refractivity contribution in [3.63, 3.8) is 0 Å². The molecular weight excluding hydrogens is 430 g/mol. The maximum Gasteiger partial charge on any atom is 0.119 e. The van der Waals surface area contributed by atoms with Gasteiger partial charge in [0.25, 0.3) is 0 Å². The van der Waals surface area contributed by atoms with Gasteiger partial charge in [-0.25, -0.2) is 4.98 Å². The van der Waals surface area contributed by atoms with Crippen molar-refractivity contribution < 1.29 is 4.74 Å². The van der Waals surface area contributed by atoms with Gasteiger partial charge >= 0.3 is 0 Å². The van der Waals surface area contributed by atoms with E-state index in [0.29, 0.717) is 10.9 Å². The molecule has 3 aromatic carbocycles. The van der Waals surface area contributed by atoms with Crippen LogP contribution in [0.5, 0.6) is 5.75 Å². The summed E-state index contributed by atoms with van der Waals surface area (Å²) in [5.41, 5.74) is 4.25. The smallest absolute Gasteiger partial charge is 0.119 e. The molecule has 4 nitrogen and oxygen atoms in total. The number of methoxy groups -OCH3 is 1. The lowest BCUT2D eigenvalue weighted by Gasteiger charge is -2.24. The molecule has 0 unspecified atom stereocenters. The van der Waals surface area contributed by atoms with Crippen LogP contribution in [0.4, 0.5) is 5.69 Å². The van der Waals surface area contributed by atoms with Gasteiger partial charge in [0.1, 0.15) is 5.75 Å². The van der Waals surface area contributed by atoms with E-state index in [9.17, 15) is 0 Å². The van der Waals surface area contributed by atoms with Gasteiger partial charge in [-0.1, -0.05) is 55.8 Å². The van der Waals surface area contributed by atoms with E-state index < -0.39 is 0 Å². The Morgan fingerprint density at radius 2 is 1.73 bits per heavy atom. The minimum atomic E-state index is 0.392. The van der Waals surface area contributed by atoms with Gasteiger partial charge in [-0.2, -0.15) is 0 Å². The van der Waals surface area contributed by atoms with Gasteiger partial charge in [0.2, 0.25) is 0 Å². The second kappa shape index (κ2) is 10.9. The van der Waals surface area contributed by atoms with Crippen LogP contribution >= 0.6 is 11.6 Å². The molecule has 1 aromatic heterocycles. The fourth-order valence-corrected chi connectivity index (χ4v) is 4.60. The van der Waals surface area contributed by atoms with Crippen LogP contribution in [0.2, 0.25) is 5.02 Å². The fraction of sp³-hybridized carbons (Fsp3) is 0.321. The number of halogens is 1. The second-order valence-electron chi connectivity index (χ2n) is 8.34. The van der Waals surface area contributed by atoms with Crippen LogP contribution in [-0.2, 0) is 0 Å². The molecule has 0 fully saturated rings. The number of aromatic nitrogens is 1. The van der Waals surface area contributed by atoms with Crippen LogP contribution in [0.3, 0.4) is 0 Å². The third-order valence-electron chi connectivity index (χ3n) is 6.43. The van der Waals surface area contributed by atoms with E-state index >= 15 is 0 Å². The molecule has 0 amide bonds. The first kappa shape index (κ1) is 23.3. The number of rotatable bonds is 10. The molecule has 1 atom stereocenters. The van der Waals surface area contributed by atoms with Crippen LogP contribution in [0.25, 0.3) is 21.8 Å². The highest BCUT2D eigenvalue weighted by molar-refractivity contribution is 6.31. The number of hydrogen-bond donors (Lipinski definition) is 1. The summed E-state index contributed by atoms with van der Waals surface area (Å²) in [5.74, 6) is 1.21. The summed E-state index contributed by atoms with van der Waals surface area (Å²) in [6.45, 7) is 8.52. The summed E-state index contributed by atoms with van der Waals surface area (Å²) < 4.78 is 5.51. The molecule has 4 rings (SSSR count). The number of pyridine rings is 1. The van der Waals surface area contributed by atoms with Gasteiger partial charge in [0.05, 0.1) is 23.8 Å². The Hall–Kier alpha value is -2.82. The number of benzene rings is 3. The Labute approximate surface area is 201 Å². The lowest BCUT2D eigenvalue weighted by Crippen LogP contribution is -2.26. The summed E-state index contributed by atoms with van der Waals surface area (Å²) in [5, 5.41) is 6.61. The Balaban J connectivity index is 1.71. The van der Waals surface area contributed by atoms with Gasteiger partial charge in [0.15, 0.2) is 0 Å². The third-order valence-corrected chi connectivity index (χ3v) is 6.66. The number of nitrogens with one attached hydrogen (secondary N) is 1. The fourth-order valence-electron chi connectivity index (χ4n) is 4.43. The van der Waals surface area contributed by atoms with E-state index in [1.165, 1.54) is 5.56 Å². The van der Waals surface area contributed by atoms with Crippen molar-refractivity contribution in [1.29, 1.82) is 0 Å². The Morgan fingerprint density at radius 1 is 0.939 bits per heavy atom. The highest BCUT2D eigenvalue weighted by Crippen LogP contribution is 2.35. The van der Waals surface area contributed by atoms with E-state index in [-0.39, 0.29) is 0 Å². The standard InChI is InChI=1S/C28H32ClN3O/c1-4-32(5-2)16-15-21(20-9-7-6-8-10-20)19-30-28-24-13-11-22(29)17-27(24)31-26-14-12-23(33-3)18-25(26)28/h6-14,17-18,21H,4-5,15-16,19H2,1-3H3,(H,30,31)/t21-/m1/s1. The average molecular weight is 462 g/mol. The lowest BCUT2D eigenvalue weighted by atomic mass is 9.95. The van der Waals surface area contributed by atoms with Crippen LogP contribution in [0.1, 0.15) is 31.7 Å². The van der Waals surface area contributed by atoms with E-state index in [2.05, 4.69) is 66.5 Å². The van der Waals surface area contributed by atoms with Gasteiger partial charge in [-0.05, 0) is 68.0 Å². The van der Waals surface area contributed by atoms with Crippen LogP contribution in [0, 0.1) is 0 Å². The second-order valence-corrected chi connectivity index (χ2v) is 8.77. The molecule has 0 bridgehead atoms. The van der Waals surface area contributed by atoms with Crippen molar-refractivity contribution in [2.45, 2.75) is 26.2 Å². The molecule has 1 heterocycles. The largest absolute Gasteiger partial charge is 0.497 e. The molecule has 33 heavy (non-hydrogen) atoms. The summed E-state index contributed by atoms with van der Waals surface area (Å²) >= 11 is 6.29. The maximum atomic E-state index is 6.29. The first-order valence-electron chi connectivity index (χ1n) is 11.7. The Bertz CT molecular complexity index is 1210.